The Labute approximate surface area is 121 Å². The molecule has 3 N–H and O–H groups in total. The molecule has 19 heavy (non-hydrogen) atoms. The van der Waals surface area contributed by atoms with E-state index < -0.39 is 0 Å². The predicted octanol–water partition coefficient (Wildman–Crippen LogP) is 4.02. The van der Waals surface area contributed by atoms with Gasteiger partial charge in [-0.1, -0.05) is 36.0 Å². The van der Waals surface area contributed by atoms with E-state index >= 15 is 0 Å². The van der Waals surface area contributed by atoms with Gasteiger partial charge in [0.05, 0.1) is 10.7 Å². The van der Waals surface area contributed by atoms with E-state index in [9.17, 15) is 0 Å². The minimum Gasteiger partial charge on any atom is -0.397 e. The molecule has 0 radical (unpaired) electrons. The minimum absolute atomic E-state index is 0.426. The van der Waals surface area contributed by atoms with Gasteiger partial charge < -0.3 is 5.73 Å². The van der Waals surface area contributed by atoms with Gasteiger partial charge in [-0.05, 0) is 25.0 Å². The first kappa shape index (κ1) is 12.8. The van der Waals surface area contributed by atoms with Crippen molar-refractivity contribution in [2.75, 3.05) is 5.73 Å². The van der Waals surface area contributed by atoms with Crippen LogP contribution in [0.1, 0.15) is 37.4 Å². The second kappa shape index (κ2) is 5.02. The number of nitrogens with zero attached hydrogens (tertiary/aromatic N) is 2. The van der Waals surface area contributed by atoms with Gasteiger partial charge in [-0.2, -0.15) is 5.10 Å². The number of aromatic amines is 1. The highest BCUT2D eigenvalue weighted by Gasteiger charge is 2.21. The number of hydrogen-bond donors (Lipinski definition) is 2. The molecule has 1 aliphatic rings. The molecule has 100 valence electrons. The number of rotatable bonds is 2. The number of anilines is 1. The normalized spacial score (nSPS) is 16.1. The first-order chi connectivity index (χ1) is 9.15. The molecule has 0 spiro atoms. The fourth-order valence-electron chi connectivity index (χ4n) is 2.55. The smallest absolute Gasteiger partial charge is 0.183 e. The first-order valence-corrected chi connectivity index (χ1v) is 7.08. The second-order valence-corrected chi connectivity index (χ2v) is 5.72. The molecule has 1 aliphatic carbocycles. The van der Waals surface area contributed by atoms with Gasteiger partial charge in [-0.15, -0.1) is 0 Å². The van der Waals surface area contributed by atoms with Gasteiger partial charge in [0.1, 0.15) is 5.82 Å². The van der Waals surface area contributed by atoms with Crippen molar-refractivity contribution in [3.63, 3.8) is 0 Å². The number of nitrogens with one attached hydrogen (secondary N) is 1. The average molecular weight is 297 g/mol. The molecule has 1 fully saturated rings. The molecule has 1 saturated carbocycles. The van der Waals surface area contributed by atoms with E-state index in [4.69, 9.17) is 28.9 Å². The van der Waals surface area contributed by atoms with E-state index in [-0.39, 0.29) is 0 Å². The quantitative estimate of drug-likeness (QED) is 0.823. The molecule has 0 bridgehead atoms. The van der Waals surface area contributed by atoms with Gasteiger partial charge >= 0.3 is 0 Å². The highest BCUT2D eigenvalue weighted by atomic mass is 35.5. The predicted molar refractivity (Wildman–Crippen MR) is 77.5 cm³/mol. The number of nitrogen functional groups attached to an aromatic ring is 1. The van der Waals surface area contributed by atoms with Crippen LogP contribution in [-0.4, -0.2) is 15.2 Å². The maximum Gasteiger partial charge on any atom is 0.183 e. The lowest BCUT2D eigenvalue weighted by molar-refractivity contribution is 0.672. The summed E-state index contributed by atoms with van der Waals surface area (Å²) >= 11 is 12.0. The SMILES string of the molecule is Nc1c(Cl)cc(Cl)cc1-c1n[nH]c(C2CCCC2)n1. The van der Waals surface area contributed by atoms with Gasteiger partial charge in [-0.25, -0.2) is 4.98 Å². The first-order valence-electron chi connectivity index (χ1n) is 6.32. The average Bonchev–Trinajstić information content (AvgIpc) is 3.03. The molecule has 4 nitrogen and oxygen atoms in total. The van der Waals surface area contributed by atoms with Crippen LogP contribution in [0.25, 0.3) is 11.4 Å². The lowest BCUT2D eigenvalue weighted by Crippen LogP contribution is -1.95. The highest BCUT2D eigenvalue weighted by Crippen LogP contribution is 2.36. The van der Waals surface area contributed by atoms with Gasteiger partial charge in [-0.3, -0.25) is 5.10 Å². The molecule has 0 amide bonds. The van der Waals surface area contributed by atoms with Gasteiger partial charge in [0.15, 0.2) is 5.82 Å². The summed E-state index contributed by atoms with van der Waals surface area (Å²) in [7, 11) is 0. The van der Waals surface area contributed by atoms with E-state index in [1.165, 1.54) is 25.7 Å². The summed E-state index contributed by atoms with van der Waals surface area (Å²) in [5, 5.41) is 8.20. The van der Waals surface area contributed by atoms with Crippen LogP contribution < -0.4 is 5.73 Å². The van der Waals surface area contributed by atoms with Crippen molar-refractivity contribution in [2.45, 2.75) is 31.6 Å². The van der Waals surface area contributed by atoms with E-state index in [1.807, 2.05) is 0 Å². The molecule has 1 aromatic carbocycles. The fourth-order valence-corrected chi connectivity index (χ4v) is 3.04. The number of aromatic nitrogens is 3. The summed E-state index contributed by atoms with van der Waals surface area (Å²) < 4.78 is 0. The molecule has 0 saturated heterocycles. The summed E-state index contributed by atoms with van der Waals surface area (Å²) in [6.45, 7) is 0. The fraction of sp³-hybridized carbons (Fsp3) is 0.385. The van der Waals surface area contributed by atoms with Crippen LogP contribution in [0.15, 0.2) is 12.1 Å². The van der Waals surface area contributed by atoms with Crippen LogP contribution in [0.5, 0.6) is 0 Å². The molecule has 2 aromatic rings. The van der Waals surface area contributed by atoms with Crippen molar-refractivity contribution >= 4 is 28.9 Å². The van der Waals surface area contributed by atoms with E-state index in [1.54, 1.807) is 12.1 Å². The molecule has 6 heteroatoms. The highest BCUT2D eigenvalue weighted by molar-refractivity contribution is 6.37. The summed E-state index contributed by atoms with van der Waals surface area (Å²) in [5.41, 5.74) is 7.10. The van der Waals surface area contributed by atoms with Crippen molar-refractivity contribution in [1.82, 2.24) is 15.2 Å². The summed E-state index contributed by atoms with van der Waals surface area (Å²) in [6, 6.07) is 3.36. The summed E-state index contributed by atoms with van der Waals surface area (Å²) in [6.07, 6.45) is 4.85. The molecule has 0 atom stereocenters. The van der Waals surface area contributed by atoms with Crippen molar-refractivity contribution in [1.29, 1.82) is 0 Å². The zero-order valence-corrected chi connectivity index (χ0v) is 11.8. The van der Waals surface area contributed by atoms with Gasteiger partial charge in [0.2, 0.25) is 0 Å². The van der Waals surface area contributed by atoms with Crippen molar-refractivity contribution in [2.24, 2.45) is 0 Å². The second-order valence-electron chi connectivity index (χ2n) is 4.87. The van der Waals surface area contributed by atoms with Crippen molar-refractivity contribution < 1.29 is 0 Å². The molecule has 1 heterocycles. The maximum absolute atomic E-state index is 6.03. The topological polar surface area (TPSA) is 67.6 Å². The third-order valence-electron chi connectivity index (χ3n) is 3.58. The Kier molecular flexibility index (Phi) is 3.37. The third-order valence-corrected chi connectivity index (χ3v) is 4.11. The summed E-state index contributed by atoms with van der Waals surface area (Å²) in [5.74, 6) is 1.98. The van der Waals surface area contributed by atoms with E-state index in [0.29, 0.717) is 33.0 Å². The standard InChI is InChI=1S/C13H14Cl2N4/c14-8-5-9(11(16)10(15)6-8)13-17-12(18-19-13)7-3-1-2-4-7/h5-7H,1-4,16H2,(H,17,18,19). The van der Waals surface area contributed by atoms with Crippen LogP contribution in [0, 0.1) is 0 Å². The van der Waals surface area contributed by atoms with Crippen LogP contribution >= 0.6 is 23.2 Å². The molecule has 1 aromatic heterocycles. The zero-order chi connectivity index (χ0) is 13.4. The number of H-pyrrole nitrogens is 1. The minimum atomic E-state index is 0.426. The van der Waals surface area contributed by atoms with Crippen LogP contribution in [0.2, 0.25) is 10.0 Å². The molecule has 0 aliphatic heterocycles. The zero-order valence-electron chi connectivity index (χ0n) is 10.3. The molecular formula is C13H14Cl2N4. The maximum atomic E-state index is 6.03. The number of benzene rings is 1. The lowest BCUT2D eigenvalue weighted by atomic mass is 10.1. The Morgan fingerprint density at radius 2 is 1.95 bits per heavy atom. The Bertz CT molecular complexity index is 603. The number of nitrogens with two attached hydrogens (primary N) is 1. The number of halogens is 2. The Balaban J connectivity index is 1.98. The summed E-state index contributed by atoms with van der Waals surface area (Å²) in [4.78, 5) is 4.54. The third kappa shape index (κ3) is 2.42. The van der Waals surface area contributed by atoms with Gasteiger partial charge in [0.25, 0.3) is 0 Å². The van der Waals surface area contributed by atoms with Crippen molar-refractivity contribution in [3.8, 4) is 11.4 Å². The molecule has 0 unspecified atom stereocenters. The van der Waals surface area contributed by atoms with Crippen LogP contribution in [-0.2, 0) is 0 Å². The van der Waals surface area contributed by atoms with E-state index in [2.05, 4.69) is 15.2 Å². The molecular weight excluding hydrogens is 283 g/mol. The van der Waals surface area contributed by atoms with Crippen LogP contribution in [0.3, 0.4) is 0 Å². The monoisotopic (exact) mass is 296 g/mol. The molecule has 3 rings (SSSR count). The largest absolute Gasteiger partial charge is 0.397 e. The Morgan fingerprint density at radius 3 is 2.68 bits per heavy atom. The van der Waals surface area contributed by atoms with Gasteiger partial charge in [0, 0.05) is 16.5 Å². The number of hydrogen-bond acceptors (Lipinski definition) is 3. The van der Waals surface area contributed by atoms with E-state index in [0.717, 1.165) is 5.82 Å². The van der Waals surface area contributed by atoms with Crippen molar-refractivity contribution in [3.05, 3.63) is 28.0 Å². The Morgan fingerprint density at radius 1 is 1.21 bits per heavy atom. The Hall–Kier alpha value is -1.26. The van der Waals surface area contributed by atoms with Crippen LogP contribution in [0.4, 0.5) is 5.69 Å². The lowest BCUT2D eigenvalue weighted by Gasteiger charge is -2.05.